The monoisotopic (exact) mass is 539 g/mol. The lowest BCUT2D eigenvalue weighted by atomic mass is 9.74. The molecule has 0 saturated carbocycles. The average molecular weight is 539 g/mol. The summed E-state index contributed by atoms with van der Waals surface area (Å²) in [7, 11) is 0. The van der Waals surface area contributed by atoms with Crippen LogP contribution in [0.15, 0.2) is 53.5 Å². The van der Waals surface area contributed by atoms with Crippen molar-refractivity contribution in [1.29, 1.82) is 0 Å². The number of rotatable bonds is 5. The minimum absolute atomic E-state index is 0. The van der Waals surface area contributed by atoms with Crippen LogP contribution in [0.5, 0.6) is 5.75 Å². The highest BCUT2D eigenvalue weighted by atomic mass is 127. The van der Waals surface area contributed by atoms with Crippen LogP contribution in [0, 0.1) is 5.82 Å². The molecule has 3 N–H and O–H groups in total. The third kappa shape index (κ3) is 6.46. The van der Waals surface area contributed by atoms with Gasteiger partial charge in [0.05, 0.1) is 12.2 Å². The van der Waals surface area contributed by atoms with Crippen LogP contribution < -0.4 is 15.8 Å². The Bertz CT molecular complexity index is 854. The van der Waals surface area contributed by atoms with Crippen LogP contribution in [-0.4, -0.2) is 32.1 Å². The molecule has 2 aromatic carbocycles. The predicted octanol–water partition coefficient (Wildman–Crippen LogP) is 4.82. The second-order valence-corrected chi connectivity index (χ2v) is 6.77. The van der Waals surface area contributed by atoms with E-state index < -0.39 is 12.1 Å². The number of para-hydroxylation sites is 2. The van der Waals surface area contributed by atoms with Crippen LogP contribution in [0.4, 0.5) is 23.2 Å². The molecule has 0 aromatic heterocycles. The van der Waals surface area contributed by atoms with Crippen molar-refractivity contribution in [3.63, 3.8) is 0 Å². The van der Waals surface area contributed by atoms with E-state index in [0.29, 0.717) is 26.1 Å². The van der Waals surface area contributed by atoms with E-state index in [1.54, 1.807) is 18.2 Å². The fourth-order valence-electron chi connectivity index (χ4n) is 3.30. The van der Waals surface area contributed by atoms with E-state index in [0.717, 1.165) is 5.56 Å². The second-order valence-electron chi connectivity index (χ2n) is 6.77. The van der Waals surface area contributed by atoms with Crippen LogP contribution in [0.1, 0.15) is 18.4 Å². The van der Waals surface area contributed by atoms with Crippen LogP contribution in [0.3, 0.4) is 0 Å². The van der Waals surface area contributed by atoms with E-state index >= 15 is 0 Å². The molecule has 0 unspecified atom stereocenters. The SMILES string of the molecule is I.NC(=NCC1(c2ccc(F)cc2)CCOCC1)Nc1ccccc1OC(F)(F)F. The Balaban J connectivity index is 0.00000320. The van der Waals surface area contributed by atoms with Crippen molar-refractivity contribution in [2.45, 2.75) is 24.6 Å². The topological polar surface area (TPSA) is 68.9 Å². The van der Waals surface area contributed by atoms with Crippen LogP contribution in [-0.2, 0) is 10.2 Å². The lowest BCUT2D eigenvalue weighted by Crippen LogP contribution is -2.38. The van der Waals surface area contributed by atoms with Gasteiger partial charge in [-0.25, -0.2) is 4.39 Å². The summed E-state index contributed by atoms with van der Waals surface area (Å²) < 4.78 is 60.5. The molecule has 0 aliphatic carbocycles. The molecule has 3 rings (SSSR count). The van der Waals surface area contributed by atoms with E-state index in [-0.39, 0.29) is 53.4 Å². The molecule has 1 aliphatic heterocycles. The summed E-state index contributed by atoms with van der Waals surface area (Å²) in [5, 5.41) is 2.66. The molecule has 2 aromatic rings. The number of nitrogens with one attached hydrogen (secondary N) is 1. The van der Waals surface area contributed by atoms with E-state index in [9.17, 15) is 17.6 Å². The molecule has 1 saturated heterocycles. The highest BCUT2D eigenvalue weighted by molar-refractivity contribution is 14.0. The molecule has 0 amide bonds. The quantitative estimate of drug-likeness (QED) is 0.248. The maximum atomic E-state index is 13.3. The Kier molecular flexibility index (Phi) is 8.30. The summed E-state index contributed by atoms with van der Waals surface area (Å²) in [6, 6.07) is 11.8. The average Bonchev–Trinajstić information content (AvgIpc) is 2.68. The largest absolute Gasteiger partial charge is 0.573 e. The summed E-state index contributed by atoms with van der Waals surface area (Å²) in [4.78, 5) is 4.35. The van der Waals surface area contributed by atoms with Gasteiger partial charge in [-0.05, 0) is 42.7 Å². The van der Waals surface area contributed by atoms with Crippen molar-refractivity contribution in [1.82, 2.24) is 0 Å². The number of alkyl halides is 3. The van der Waals surface area contributed by atoms with Gasteiger partial charge in [0.2, 0.25) is 0 Å². The Morgan fingerprint density at radius 1 is 1.10 bits per heavy atom. The van der Waals surface area contributed by atoms with Gasteiger partial charge in [0, 0.05) is 18.6 Å². The first-order valence-corrected chi connectivity index (χ1v) is 9.03. The van der Waals surface area contributed by atoms with E-state index in [2.05, 4.69) is 15.0 Å². The molecule has 5 nitrogen and oxygen atoms in total. The molecular formula is C20H22F4IN3O2. The minimum Gasteiger partial charge on any atom is -0.404 e. The third-order valence-corrected chi connectivity index (χ3v) is 4.83. The number of ether oxygens (including phenoxy) is 2. The predicted molar refractivity (Wildman–Crippen MR) is 117 cm³/mol. The van der Waals surface area contributed by atoms with E-state index in [4.69, 9.17) is 10.5 Å². The normalized spacial score (nSPS) is 16.5. The van der Waals surface area contributed by atoms with Crippen LogP contribution in [0.25, 0.3) is 0 Å². The highest BCUT2D eigenvalue weighted by Crippen LogP contribution is 2.35. The van der Waals surface area contributed by atoms with Gasteiger partial charge in [-0.3, -0.25) is 4.99 Å². The molecule has 0 radical (unpaired) electrons. The summed E-state index contributed by atoms with van der Waals surface area (Å²) in [6.07, 6.45) is -3.48. The van der Waals surface area contributed by atoms with Gasteiger partial charge < -0.3 is 20.5 Å². The summed E-state index contributed by atoms with van der Waals surface area (Å²) in [5.41, 5.74) is 6.50. The van der Waals surface area contributed by atoms with E-state index in [1.807, 2.05) is 0 Å². The van der Waals surface area contributed by atoms with Gasteiger partial charge in [-0.15, -0.1) is 37.1 Å². The zero-order valence-electron chi connectivity index (χ0n) is 15.9. The van der Waals surface area contributed by atoms with Crippen molar-refractivity contribution >= 4 is 35.6 Å². The molecule has 30 heavy (non-hydrogen) atoms. The van der Waals surface area contributed by atoms with Crippen molar-refractivity contribution in [3.05, 3.63) is 59.9 Å². The van der Waals surface area contributed by atoms with Gasteiger partial charge in [0.15, 0.2) is 11.7 Å². The number of benzene rings is 2. The molecule has 164 valence electrons. The summed E-state index contributed by atoms with van der Waals surface area (Å²) in [6.45, 7) is 1.34. The van der Waals surface area contributed by atoms with Crippen LogP contribution >= 0.6 is 24.0 Å². The Labute approximate surface area is 188 Å². The first-order valence-electron chi connectivity index (χ1n) is 9.03. The zero-order valence-corrected chi connectivity index (χ0v) is 18.2. The fraction of sp³-hybridized carbons (Fsp3) is 0.350. The number of nitrogens with two attached hydrogens (primary N) is 1. The number of halogens is 5. The van der Waals surface area contributed by atoms with Gasteiger partial charge >= 0.3 is 6.36 Å². The van der Waals surface area contributed by atoms with Crippen molar-refractivity contribution in [3.8, 4) is 5.75 Å². The lowest BCUT2D eigenvalue weighted by Gasteiger charge is -2.36. The van der Waals surface area contributed by atoms with Gasteiger partial charge in [-0.1, -0.05) is 24.3 Å². The molecule has 1 fully saturated rings. The van der Waals surface area contributed by atoms with Crippen molar-refractivity contribution in [2.24, 2.45) is 10.7 Å². The lowest BCUT2D eigenvalue weighted by molar-refractivity contribution is -0.274. The third-order valence-electron chi connectivity index (χ3n) is 4.83. The maximum absolute atomic E-state index is 13.3. The molecule has 0 spiro atoms. The molecular weight excluding hydrogens is 517 g/mol. The smallest absolute Gasteiger partial charge is 0.404 e. The fourth-order valence-corrected chi connectivity index (χ4v) is 3.30. The van der Waals surface area contributed by atoms with Gasteiger partial charge in [0.1, 0.15) is 5.82 Å². The zero-order chi connectivity index (χ0) is 20.9. The number of aliphatic imine (C=N–C) groups is 1. The van der Waals surface area contributed by atoms with Crippen LogP contribution in [0.2, 0.25) is 0 Å². The van der Waals surface area contributed by atoms with E-state index in [1.165, 1.54) is 30.3 Å². The number of hydrogen-bond acceptors (Lipinski definition) is 3. The second kappa shape index (κ2) is 10.3. The van der Waals surface area contributed by atoms with Crippen molar-refractivity contribution < 1.29 is 27.0 Å². The Hall–Kier alpha value is -2.08. The number of guanidine groups is 1. The van der Waals surface area contributed by atoms with Gasteiger partial charge in [0.25, 0.3) is 0 Å². The summed E-state index contributed by atoms with van der Waals surface area (Å²) >= 11 is 0. The standard InChI is InChI=1S/C20H21F4N3O2.HI/c21-15-7-5-14(6-8-15)19(9-11-28-12-10-19)13-26-18(25)27-16-3-1-2-4-17(16)29-20(22,23)24;/h1-8H,9-13H2,(H3,25,26,27);1H. The molecule has 1 heterocycles. The number of hydrogen-bond donors (Lipinski definition) is 2. The number of nitrogens with zero attached hydrogens (tertiary/aromatic N) is 1. The molecule has 10 heteroatoms. The Morgan fingerprint density at radius 3 is 2.37 bits per heavy atom. The van der Waals surface area contributed by atoms with Crippen molar-refractivity contribution in [2.75, 3.05) is 25.1 Å². The molecule has 0 bridgehead atoms. The highest BCUT2D eigenvalue weighted by Gasteiger charge is 2.35. The Morgan fingerprint density at radius 2 is 1.73 bits per heavy atom. The molecule has 1 aliphatic rings. The summed E-state index contributed by atoms with van der Waals surface area (Å²) in [5.74, 6) is -0.782. The first-order chi connectivity index (χ1) is 13.8. The minimum atomic E-state index is -4.82. The maximum Gasteiger partial charge on any atom is 0.573 e. The molecule has 0 atom stereocenters. The van der Waals surface area contributed by atoms with Gasteiger partial charge in [-0.2, -0.15) is 0 Å². The first kappa shape index (κ1) is 24.2. The number of anilines is 1.